The Labute approximate surface area is 184 Å². The van der Waals surface area contributed by atoms with E-state index >= 15 is 0 Å². The number of hydrogen-bond acceptors (Lipinski definition) is 2. The Morgan fingerprint density at radius 3 is 0.714 bits per heavy atom. The van der Waals surface area contributed by atoms with Crippen LogP contribution in [-0.2, 0) is 9.49 Å². The summed E-state index contributed by atoms with van der Waals surface area (Å²) in [5, 5.41) is 0. The first kappa shape index (κ1) is 23.4. The molecule has 2 heteroatoms. The van der Waals surface area contributed by atoms with E-state index in [-0.39, 0.29) is 9.49 Å². The van der Waals surface area contributed by atoms with E-state index in [0.717, 1.165) is 0 Å². The molecule has 0 atom stereocenters. The van der Waals surface area contributed by atoms with Gasteiger partial charge in [-0.2, -0.15) is 25.3 Å². The van der Waals surface area contributed by atoms with Gasteiger partial charge in [0.05, 0.1) is 0 Å². The molecule has 2 rings (SSSR count). The first-order valence-electron chi connectivity index (χ1n) is 10.2. The zero-order valence-corrected chi connectivity index (χ0v) is 21.7. The Bertz CT molecular complexity index is 811. The van der Waals surface area contributed by atoms with Crippen LogP contribution in [0.4, 0.5) is 0 Å². The van der Waals surface area contributed by atoms with E-state index < -0.39 is 0 Å². The van der Waals surface area contributed by atoms with Gasteiger partial charge < -0.3 is 0 Å². The third-order valence-electron chi connectivity index (χ3n) is 6.72. The summed E-state index contributed by atoms with van der Waals surface area (Å²) in [6, 6.07) is 0. The summed E-state index contributed by atoms with van der Waals surface area (Å²) < 4.78 is -0.309. The largest absolute Gasteiger partial charge is 0.168 e. The Hall–Kier alpha value is -0.860. The standard InChI is InChI=1S/C26H38S2/c1-13-17(5)23(25(9,10)27)18(6)14(2)21(13)22-15(3)19(7)24(26(11,12)28)20(8)16(22)4/h27-28H,1-12H3. The molecule has 0 N–H and O–H groups in total. The molecule has 0 spiro atoms. The SMILES string of the molecule is Cc1c(C)c(C(C)(C)S)c(C)c(C)c1-c1c(C)c(C)c(C(C)(C)S)c(C)c1C. The van der Waals surface area contributed by atoms with Crippen LogP contribution in [0.5, 0.6) is 0 Å². The smallest absolute Gasteiger partial charge is 0.0327 e. The maximum absolute atomic E-state index is 4.91. The number of rotatable bonds is 3. The van der Waals surface area contributed by atoms with Crippen molar-refractivity contribution >= 4 is 25.3 Å². The van der Waals surface area contributed by atoms with Gasteiger partial charge in [0.2, 0.25) is 0 Å². The molecule has 0 amide bonds. The Balaban J connectivity index is 3.04. The second kappa shape index (κ2) is 7.43. The third-order valence-corrected chi connectivity index (χ3v) is 7.17. The highest BCUT2D eigenvalue weighted by Gasteiger charge is 2.29. The van der Waals surface area contributed by atoms with Crippen molar-refractivity contribution in [2.24, 2.45) is 0 Å². The molecule has 0 unspecified atom stereocenters. The van der Waals surface area contributed by atoms with E-state index in [9.17, 15) is 0 Å². The number of benzene rings is 2. The Morgan fingerprint density at radius 2 is 0.571 bits per heavy atom. The molecule has 2 aromatic rings. The molecule has 0 bridgehead atoms. The first-order chi connectivity index (χ1) is 12.5. The molecule has 2 aromatic carbocycles. The summed E-state index contributed by atoms with van der Waals surface area (Å²) >= 11 is 9.82. The summed E-state index contributed by atoms with van der Waals surface area (Å²) in [6.07, 6.45) is 0. The lowest BCUT2D eigenvalue weighted by Crippen LogP contribution is -2.17. The summed E-state index contributed by atoms with van der Waals surface area (Å²) in [4.78, 5) is 0. The van der Waals surface area contributed by atoms with Crippen molar-refractivity contribution in [1.29, 1.82) is 0 Å². The fourth-order valence-corrected chi connectivity index (χ4v) is 5.88. The highest BCUT2D eigenvalue weighted by molar-refractivity contribution is 7.81. The van der Waals surface area contributed by atoms with Crippen LogP contribution in [-0.4, -0.2) is 0 Å². The van der Waals surface area contributed by atoms with Gasteiger partial charge in [-0.15, -0.1) is 0 Å². The van der Waals surface area contributed by atoms with Crippen LogP contribution in [0.3, 0.4) is 0 Å². The third kappa shape index (κ3) is 3.67. The molecule has 0 aliphatic carbocycles. The molecule has 0 aliphatic heterocycles. The molecule has 0 radical (unpaired) electrons. The average Bonchev–Trinajstić information content (AvgIpc) is 2.52. The minimum Gasteiger partial charge on any atom is -0.168 e. The van der Waals surface area contributed by atoms with Crippen molar-refractivity contribution in [3.63, 3.8) is 0 Å². The van der Waals surface area contributed by atoms with Crippen molar-refractivity contribution in [2.45, 2.75) is 92.6 Å². The summed E-state index contributed by atoms with van der Waals surface area (Å²) in [5.41, 5.74) is 16.5. The molecule has 0 saturated heterocycles. The molecule has 0 heterocycles. The van der Waals surface area contributed by atoms with E-state index in [2.05, 4.69) is 83.1 Å². The van der Waals surface area contributed by atoms with E-state index in [1.165, 1.54) is 66.8 Å². The lowest BCUT2D eigenvalue weighted by Gasteiger charge is -2.32. The van der Waals surface area contributed by atoms with Gasteiger partial charge >= 0.3 is 0 Å². The molecule has 0 fully saturated rings. The van der Waals surface area contributed by atoms with Crippen molar-refractivity contribution in [1.82, 2.24) is 0 Å². The van der Waals surface area contributed by atoms with Crippen molar-refractivity contribution in [3.05, 3.63) is 55.6 Å². The van der Waals surface area contributed by atoms with Gasteiger partial charge in [-0.3, -0.25) is 0 Å². The van der Waals surface area contributed by atoms with Gasteiger partial charge in [0.1, 0.15) is 0 Å². The second-order valence-corrected chi connectivity index (χ2v) is 11.9. The monoisotopic (exact) mass is 414 g/mol. The van der Waals surface area contributed by atoms with Gasteiger partial charge in [-0.25, -0.2) is 0 Å². The van der Waals surface area contributed by atoms with Gasteiger partial charge in [0, 0.05) is 9.49 Å². The van der Waals surface area contributed by atoms with Crippen LogP contribution in [0.25, 0.3) is 11.1 Å². The zero-order chi connectivity index (χ0) is 21.9. The lowest BCUT2D eigenvalue weighted by atomic mass is 9.76. The van der Waals surface area contributed by atoms with Crippen LogP contribution >= 0.6 is 25.3 Å². The maximum atomic E-state index is 4.91. The second-order valence-electron chi connectivity index (χ2n) is 9.62. The van der Waals surface area contributed by atoms with Crippen LogP contribution in [0.1, 0.15) is 83.3 Å². The zero-order valence-electron chi connectivity index (χ0n) is 19.9. The average molecular weight is 415 g/mol. The van der Waals surface area contributed by atoms with Crippen LogP contribution in [0, 0.1) is 55.4 Å². The molecule has 0 aliphatic rings. The van der Waals surface area contributed by atoms with Crippen LogP contribution in [0.15, 0.2) is 0 Å². The van der Waals surface area contributed by atoms with Gasteiger partial charge in [-0.05, 0) is 150 Å². The Morgan fingerprint density at radius 1 is 0.393 bits per heavy atom. The molecular weight excluding hydrogens is 376 g/mol. The lowest BCUT2D eigenvalue weighted by molar-refractivity contribution is 0.769. The minimum absolute atomic E-state index is 0.155. The van der Waals surface area contributed by atoms with Crippen LogP contribution < -0.4 is 0 Å². The van der Waals surface area contributed by atoms with Crippen molar-refractivity contribution in [3.8, 4) is 11.1 Å². The normalized spacial score (nSPS) is 12.6. The van der Waals surface area contributed by atoms with Gasteiger partial charge in [0.25, 0.3) is 0 Å². The van der Waals surface area contributed by atoms with E-state index in [1.807, 2.05) is 0 Å². The predicted octanol–water partition coefficient (Wildman–Crippen LogP) is 8.15. The predicted molar refractivity (Wildman–Crippen MR) is 134 cm³/mol. The van der Waals surface area contributed by atoms with Crippen LogP contribution in [0.2, 0.25) is 0 Å². The first-order valence-corrected chi connectivity index (χ1v) is 11.1. The molecule has 0 saturated carbocycles. The summed E-state index contributed by atoms with van der Waals surface area (Å²) in [6.45, 7) is 26.9. The quantitative estimate of drug-likeness (QED) is 0.465. The van der Waals surface area contributed by atoms with E-state index in [4.69, 9.17) is 25.3 Å². The van der Waals surface area contributed by atoms with Crippen molar-refractivity contribution in [2.75, 3.05) is 0 Å². The molecular formula is C26H38S2. The van der Waals surface area contributed by atoms with Gasteiger partial charge in [-0.1, -0.05) is 0 Å². The summed E-state index contributed by atoms with van der Waals surface area (Å²) in [5.74, 6) is 0. The van der Waals surface area contributed by atoms with E-state index in [1.54, 1.807) is 0 Å². The molecule has 28 heavy (non-hydrogen) atoms. The molecule has 154 valence electrons. The fraction of sp³-hybridized carbons (Fsp3) is 0.538. The Kier molecular flexibility index (Phi) is 6.22. The maximum Gasteiger partial charge on any atom is 0.0327 e. The van der Waals surface area contributed by atoms with E-state index in [0.29, 0.717) is 0 Å². The van der Waals surface area contributed by atoms with Gasteiger partial charge in [0.15, 0.2) is 0 Å². The fourth-order valence-electron chi connectivity index (χ4n) is 5.21. The number of thiol groups is 2. The number of hydrogen-bond donors (Lipinski definition) is 2. The molecule has 0 aromatic heterocycles. The highest BCUT2D eigenvalue weighted by atomic mass is 32.1. The minimum atomic E-state index is -0.155. The summed E-state index contributed by atoms with van der Waals surface area (Å²) in [7, 11) is 0. The highest BCUT2D eigenvalue weighted by Crippen LogP contribution is 2.46. The van der Waals surface area contributed by atoms with Crippen molar-refractivity contribution < 1.29 is 0 Å². The topological polar surface area (TPSA) is 0 Å². The molecule has 0 nitrogen and oxygen atoms in total.